The normalized spacial score (nSPS) is 11.3. The molecule has 0 saturated carbocycles. The number of hydrogen-bond acceptors (Lipinski definition) is 3. The topological polar surface area (TPSA) is 49.7 Å². The van der Waals surface area contributed by atoms with Crippen molar-refractivity contribution in [3.63, 3.8) is 0 Å². The van der Waals surface area contributed by atoms with Gasteiger partial charge in [-0.25, -0.2) is 0 Å². The van der Waals surface area contributed by atoms with Crippen molar-refractivity contribution in [2.75, 3.05) is 6.61 Å². The molecule has 0 bridgehead atoms. The molecular formula is C36H34O3. The van der Waals surface area contributed by atoms with Gasteiger partial charge >= 0.3 is 0 Å². The van der Waals surface area contributed by atoms with Crippen molar-refractivity contribution in [1.82, 2.24) is 0 Å². The maximum Gasteiger partial charge on any atom is 0.123 e. The highest BCUT2D eigenvalue weighted by atomic mass is 16.5. The largest absolute Gasteiger partial charge is 0.507 e. The minimum atomic E-state index is -0.587. The number of hydrogen-bond donors (Lipinski definition) is 2. The van der Waals surface area contributed by atoms with E-state index < -0.39 is 5.41 Å². The summed E-state index contributed by atoms with van der Waals surface area (Å²) in [5, 5.41) is 21.6. The fourth-order valence-electron chi connectivity index (χ4n) is 5.11. The van der Waals surface area contributed by atoms with Crippen molar-refractivity contribution in [2.45, 2.75) is 32.1 Å². The molecule has 0 saturated heterocycles. The summed E-state index contributed by atoms with van der Waals surface area (Å²) in [6.45, 7) is 5.05. The first kappa shape index (κ1) is 26.1. The summed E-state index contributed by atoms with van der Waals surface area (Å²) in [6.07, 6.45) is 2.11. The zero-order chi connectivity index (χ0) is 27.2. The van der Waals surface area contributed by atoms with Crippen LogP contribution in [0.2, 0.25) is 0 Å². The Balaban J connectivity index is 1.67. The second-order valence-corrected chi connectivity index (χ2v) is 10.0. The van der Waals surface area contributed by atoms with Gasteiger partial charge in [0, 0.05) is 16.5 Å². The molecule has 3 heteroatoms. The van der Waals surface area contributed by atoms with Gasteiger partial charge in [-0.15, -0.1) is 0 Å². The Hall–Kier alpha value is -4.50. The van der Waals surface area contributed by atoms with Crippen LogP contribution in [0.15, 0.2) is 121 Å². The Labute approximate surface area is 231 Å². The lowest BCUT2D eigenvalue weighted by Gasteiger charge is -2.33. The van der Waals surface area contributed by atoms with E-state index in [4.69, 9.17) is 4.74 Å². The fourth-order valence-corrected chi connectivity index (χ4v) is 5.11. The maximum atomic E-state index is 10.8. The second-order valence-electron chi connectivity index (χ2n) is 10.0. The number of aromatic hydroxyl groups is 2. The highest BCUT2D eigenvalue weighted by molar-refractivity contribution is 5.74. The van der Waals surface area contributed by atoms with Crippen molar-refractivity contribution >= 4 is 0 Å². The molecule has 0 aliphatic heterocycles. The van der Waals surface area contributed by atoms with Crippen LogP contribution in [0.4, 0.5) is 0 Å². The van der Waals surface area contributed by atoms with Crippen molar-refractivity contribution in [2.24, 2.45) is 0 Å². The van der Waals surface area contributed by atoms with Crippen molar-refractivity contribution in [3.05, 3.63) is 138 Å². The highest BCUT2D eigenvalue weighted by Gasteiger charge is 2.33. The first-order valence-electron chi connectivity index (χ1n) is 13.5. The molecule has 0 heterocycles. The number of phenolic OH excluding ortho intramolecular Hbond substituents is 2. The van der Waals surface area contributed by atoms with Crippen LogP contribution in [0, 0.1) is 0 Å². The Morgan fingerprint density at radius 1 is 0.590 bits per heavy atom. The summed E-state index contributed by atoms with van der Waals surface area (Å²) in [7, 11) is 0. The summed E-state index contributed by atoms with van der Waals surface area (Å²) in [5.41, 5.74) is 6.02. The molecule has 0 spiro atoms. The van der Waals surface area contributed by atoms with E-state index in [9.17, 15) is 10.2 Å². The van der Waals surface area contributed by atoms with Crippen LogP contribution in [0.3, 0.4) is 0 Å². The third kappa shape index (κ3) is 5.39. The van der Waals surface area contributed by atoms with E-state index in [1.54, 1.807) is 12.1 Å². The predicted molar refractivity (Wildman–Crippen MR) is 159 cm³/mol. The van der Waals surface area contributed by atoms with Crippen molar-refractivity contribution in [1.29, 1.82) is 0 Å². The Kier molecular flexibility index (Phi) is 7.69. The Morgan fingerprint density at radius 2 is 1.05 bits per heavy atom. The molecule has 39 heavy (non-hydrogen) atoms. The van der Waals surface area contributed by atoms with Crippen LogP contribution in [-0.2, 0) is 5.41 Å². The van der Waals surface area contributed by atoms with E-state index in [1.807, 2.05) is 84.9 Å². The van der Waals surface area contributed by atoms with Gasteiger partial charge in [0.1, 0.15) is 17.2 Å². The van der Waals surface area contributed by atoms with Crippen molar-refractivity contribution < 1.29 is 14.9 Å². The number of unbranched alkanes of at least 4 members (excludes halogenated alkanes) is 1. The van der Waals surface area contributed by atoms with Crippen LogP contribution in [0.5, 0.6) is 17.2 Å². The molecule has 5 aromatic rings. The summed E-state index contributed by atoms with van der Waals surface area (Å²) >= 11 is 0. The highest BCUT2D eigenvalue weighted by Crippen LogP contribution is 2.44. The second kappa shape index (κ2) is 11.5. The molecule has 0 radical (unpaired) electrons. The van der Waals surface area contributed by atoms with Gasteiger partial charge in [-0.05, 0) is 77.6 Å². The molecule has 0 unspecified atom stereocenters. The molecule has 196 valence electrons. The van der Waals surface area contributed by atoms with E-state index in [1.165, 1.54) is 0 Å². The first-order chi connectivity index (χ1) is 19.0. The standard InChI is InChI=1S/C36H34O3/c1-3-4-23-39-31-19-15-28(16-20-31)36(2,29-17-21-34(37)32(24-29)26-11-7-5-8-12-26)30-18-22-35(38)33(25-30)27-13-9-6-10-14-27/h5-22,24-25,37-38H,3-4,23H2,1-2H3. The van der Waals surface area contributed by atoms with E-state index >= 15 is 0 Å². The monoisotopic (exact) mass is 514 g/mol. The molecule has 0 fully saturated rings. The molecule has 0 aromatic heterocycles. The van der Waals surface area contributed by atoms with Gasteiger partial charge in [-0.2, -0.15) is 0 Å². The van der Waals surface area contributed by atoms with Crippen LogP contribution in [0.25, 0.3) is 22.3 Å². The average molecular weight is 515 g/mol. The molecule has 0 amide bonds. The van der Waals surface area contributed by atoms with Gasteiger partial charge in [-0.3, -0.25) is 0 Å². The molecule has 0 aliphatic carbocycles. The SMILES string of the molecule is CCCCOc1ccc(C(C)(c2ccc(O)c(-c3ccccc3)c2)c2ccc(O)c(-c3ccccc3)c2)cc1. The molecule has 0 aliphatic rings. The lowest BCUT2D eigenvalue weighted by Crippen LogP contribution is -2.25. The number of benzene rings is 5. The van der Waals surface area contributed by atoms with Crippen LogP contribution < -0.4 is 4.74 Å². The quantitative estimate of drug-likeness (QED) is 0.152. The van der Waals surface area contributed by atoms with Gasteiger partial charge in [0.05, 0.1) is 6.61 Å². The molecule has 3 nitrogen and oxygen atoms in total. The third-order valence-corrected chi connectivity index (χ3v) is 7.52. The van der Waals surface area contributed by atoms with Gasteiger partial charge in [0.15, 0.2) is 0 Å². The average Bonchev–Trinajstić information content (AvgIpc) is 2.98. The van der Waals surface area contributed by atoms with Gasteiger partial charge in [-0.1, -0.05) is 98.3 Å². The first-order valence-corrected chi connectivity index (χ1v) is 13.5. The summed E-state index contributed by atoms with van der Waals surface area (Å²) < 4.78 is 5.94. The number of phenols is 2. The lowest BCUT2D eigenvalue weighted by atomic mass is 9.70. The maximum absolute atomic E-state index is 10.8. The number of rotatable bonds is 9. The van der Waals surface area contributed by atoms with Gasteiger partial charge in [0.25, 0.3) is 0 Å². The zero-order valence-electron chi connectivity index (χ0n) is 22.5. The Morgan fingerprint density at radius 3 is 1.51 bits per heavy atom. The van der Waals surface area contributed by atoms with E-state index in [-0.39, 0.29) is 11.5 Å². The smallest absolute Gasteiger partial charge is 0.123 e. The lowest BCUT2D eigenvalue weighted by molar-refractivity contribution is 0.309. The van der Waals surface area contributed by atoms with Crippen molar-refractivity contribution in [3.8, 4) is 39.5 Å². The molecule has 2 N–H and O–H groups in total. The zero-order valence-corrected chi connectivity index (χ0v) is 22.5. The van der Waals surface area contributed by atoms with Crippen LogP contribution >= 0.6 is 0 Å². The predicted octanol–water partition coefficient (Wildman–Crippen LogP) is 8.97. The van der Waals surface area contributed by atoms with Gasteiger partial charge < -0.3 is 14.9 Å². The third-order valence-electron chi connectivity index (χ3n) is 7.52. The van der Waals surface area contributed by atoms with E-state index in [2.05, 4.69) is 38.1 Å². The van der Waals surface area contributed by atoms with Gasteiger partial charge in [0.2, 0.25) is 0 Å². The van der Waals surface area contributed by atoms with E-state index in [0.29, 0.717) is 6.61 Å². The summed E-state index contributed by atoms with van der Waals surface area (Å²) in [6, 6.07) is 39.8. The van der Waals surface area contributed by atoms with Crippen LogP contribution in [0.1, 0.15) is 43.4 Å². The molecule has 5 aromatic carbocycles. The van der Waals surface area contributed by atoms with Crippen LogP contribution in [-0.4, -0.2) is 16.8 Å². The summed E-state index contributed by atoms with van der Waals surface area (Å²) in [4.78, 5) is 0. The molecule has 0 atom stereocenters. The minimum absolute atomic E-state index is 0.239. The summed E-state index contributed by atoms with van der Waals surface area (Å²) in [5.74, 6) is 1.33. The number of ether oxygens (including phenoxy) is 1. The molecular weight excluding hydrogens is 480 g/mol. The van der Waals surface area contributed by atoms with E-state index in [0.717, 1.165) is 57.5 Å². The fraction of sp³-hybridized carbons (Fsp3) is 0.167. The minimum Gasteiger partial charge on any atom is -0.507 e. The molecule has 5 rings (SSSR count). The Bertz CT molecular complexity index is 1430.